The van der Waals surface area contributed by atoms with Gasteiger partial charge in [-0.2, -0.15) is 4.98 Å². The fraction of sp³-hybridized carbons (Fsp3) is 0.353. The van der Waals surface area contributed by atoms with Crippen LogP contribution < -0.4 is 16.6 Å². The number of nitrogens with one attached hydrogen (secondary N) is 1. The van der Waals surface area contributed by atoms with Gasteiger partial charge in [-0.05, 0) is 17.7 Å². The predicted molar refractivity (Wildman–Crippen MR) is 107 cm³/mol. The van der Waals surface area contributed by atoms with E-state index in [0.29, 0.717) is 15.6 Å². The van der Waals surface area contributed by atoms with Gasteiger partial charge in [0.1, 0.15) is 0 Å². The van der Waals surface area contributed by atoms with Crippen molar-refractivity contribution in [2.24, 2.45) is 14.1 Å². The summed E-state index contributed by atoms with van der Waals surface area (Å²) in [5, 5.41) is 22.1. The van der Waals surface area contributed by atoms with Gasteiger partial charge in [0.05, 0.1) is 19.3 Å². The molecule has 9 nitrogen and oxygen atoms in total. The van der Waals surface area contributed by atoms with Crippen molar-refractivity contribution >= 4 is 40.3 Å². The van der Waals surface area contributed by atoms with Gasteiger partial charge < -0.3 is 20.1 Å². The normalized spacial score (nSPS) is 12.5. The van der Waals surface area contributed by atoms with Crippen molar-refractivity contribution in [3.05, 3.63) is 54.6 Å². The molecule has 0 saturated heterocycles. The molecule has 0 fully saturated rings. The summed E-state index contributed by atoms with van der Waals surface area (Å²) in [6.45, 7) is -0.394. The monoisotopic (exact) mass is 427 g/mol. The van der Waals surface area contributed by atoms with Crippen LogP contribution in [0.2, 0.25) is 10.0 Å². The van der Waals surface area contributed by atoms with E-state index in [1.807, 2.05) is 0 Å². The lowest BCUT2D eigenvalue weighted by Gasteiger charge is -2.10. The van der Waals surface area contributed by atoms with Crippen molar-refractivity contribution in [2.45, 2.75) is 12.6 Å². The fourth-order valence-electron chi connectivity index (χ4n) is 2.83. The first-order valence-electron chi connectivity index (χ1n) is 8.37. The minimum absolute atomic E-state index is 0.0192. The summed E-state index contributed by atoms with van der Waals surface area (Å²) in [5.41, 5.74) is -0.0558. The lowest BCUT2D eigenvalue weighted by molar-refractivity contribution is 0.105. The zero-order chi connectivity index (χ0) is 20.6. The number of halogens is 2. The quantitative estimate of drug-likeness (QED) is 0.529. The number of aryl methyl sites for hydroxylation is 2. The van der Waals surface area contributed by atoms with Gasteiger partial charge in [-0.1, -0.05) is 29.3 Å². The molecule has 0 aliphatic heterocycles. The van der Waals surface area contributed by atoms with Crippen LogP contribution >= 0.6 is 23.2 Å². The lowest BCUT2D eigenvalue weighted by atomic mass is 10.2. The number of hydrogen-bond donors (Lipinski definition) is 3. The number of nitrogens with zero attached hydrogens (tertiary/aromatic N) is 4. The van der Waals surface area contributed by atoms with Gasteiger partial charge in [0, 0.05) is 30.7 Å². The van der Waals surface area contributed by atoms with Crippen LogP contribution in [0.3, 0.4) is 0 Å². The van der Waals surface area contributed by atoms with Gasteiger partial charge in [-0.25, -0.2) is 4.79 Å². The third kappa shape index (κ3) is 3.66. The molecule has 0 amide bonds. The fourth-order valence-corrected chi connectivity index (χ4v) is 3.30. The predicted octanol–water partition coefficient (Wildman–Crippen LogP) is 0.554. The molecule has 3 aromatic rings. The number of hydrogen-bond acceptors (Lipinski definition) is 6. The molecule has 1 atom stereocenters. The zero-order valence-corrected chi connectivity index (χ0v) is 16.7. The summed E-state index contributed by atoms with van der Waals surface area (Å²) in [5.74, 6) is 0.289. The topological polar surface area (TPSA) is 114 Å². The molecule has 0 spiro atoms. The molecular formula is C17H19Cl2N5O4. The van der Waals surface area contributed by atoms with Crippen LogP contribution in [0.5, 0.6) is 0 Å². The van der Waals surface area contributed by atoms with E-state index in [2.05, 4.69) is 10.3 Å². The molecule has 1 aromatic carbocycles. The Labute approximate surface area is 169 Å². The van der Waals surface area contributed by atoms with E-state index in [0.717, 1.165) is 4.57 Å². The first-order chi connectivity index (χ1) is 13.2. The van der Waals surface area contributed by atoms with Crippen molar-refractivity contribution in [1.82, 2.24) is 18.7 Å². The smallest absolute Gasteiger partial charge is 0.332 e. The van der Waals surface area contributed by atoms with E-state index in [1.165, 1.54) is 16.2 Å². The number of aromatic nitrogens is 4. The third-order valence-corrected chi connectivity index (χ3v) is 5.00. The van der Waals surface area contributed by atoms with E-state index >= 15 is 0 Å². The third-order valence-electron chi connectivity index (χ3n) is 4.41. The molecule has 3 N–H and O–H groups in total. The first kappa shape index (κ1) is 20.4. The van der Waals surface area contributed by atoms with Crippen molar-refractivity contribution in [1.29, 1.82) is 0 Å². The maximum Gasteiger partial charge on any atom is 0.332 e. The number of benzene rings is 1. The summed E-state index contributed by atoms with van der Waals surface area (Å²) < 4.78 is 3.85. The zero-order valence-electron chi connectivity index (χ0n) is 15.2. The second-order valence-electron chi connectivity index (χ2n) is 6.35. The van der Waals surface area contributed by atoms with Gasteiger partial charge in [-0.15, -0.1) is 0 Å². The highest BCUT2D eigenvalue weighted by Crippen LogP contribution is 2.21. The van der Waals surface area contributed by atoms with Gasteiger partial charge in [0.2, 0.25) is 5.95 Å². The second-order valence-corrected chi connectivity index (χ2v) is 7.20. The Morgan fingerprint density at radius 2 is 1.93 bits per heavy atom. The standard InChI is InChI=1S/C17H19Cl2N5O4/c1-22-13-14(21-16(22)20-6-11(26)8-25)23(2)17(28)24(15(13)27)7-9-3-4-10(18)5-12(9)19/h3-5,11,25-26H,6-8H2,1-2H3,(H,20,21)/t11-/m1/s1. The lowest BCUT2D eigenvalue weighted by Crippen LogP contribution is -2.39. The first-order valence-corrected chi connectivity index (χ1v) is 9.13. The summed E-state index contributed by atoms with van der Waals surface area (Å²) in [6, 6.07) is 4.84. The molecule has 3 rings (SSSR count). The molecule has 0 unspecified atom stereocenters. The van der Waals surface area contributed by atoms with E-state index < -0.39 is 24.0 Å². The molecule has 0 radical (unpaired) electrons. The number of fused-ring (bicyclic) bond motifs is 1. The second kappa shape index (κ2) is 7.96. The Morgan fingerprint density at radius 1 is 1.21 bits per heavy atom. The SMILES string of the molecule is Cn1c(NC[C@@H](O)CO)nc2c1c(=O)n(Cc1ccc(Cl)cc1Cl)c(=O)n2C. The molecular weight excluding hydrogens is 409 g/mol. The van der Waals surface area contributed by atoms with Crippen LogP contribution in [0.1, 0.15) is 5.56 Å². The number of aliphatic hydroxyl groups is 2. The highest BCUT2D eigenvalue weighted by Gasteiger charge is 2.19. The van der Waals surface area contributed by atoms with E-state index in [9.17, 15) is 14.7 Å². The summed E-state index contributed by atoms with van der Waals surface area (Å²) in [6.07, 6.45) is -0.979. The van der Waals surface area contributed by atoms with Crippen LogP contribution in [-0.4, -0.2) is 48.2 Å². The Hall–Kier alpha value is -2.33. The Kier molecular flexibility index (Phi) is 5.80. The van der Waals surface area contributed by atoms with Crippen molar-refractivity contribution in [2.75, 3.05) is 18.5 Å². The van der Waals surface area contributed by atoms with Gasteiger partial charge in [-0.3, -0.25) is 13.9 Å². The molecule has 150 valence electrons. The Balaban J connectivity index is 2.11. The van der Waals surface area contributed by atoms with Crippen LogP contribution in [0, 0.1) is 0 Å². The highest BCUT2D eigenvalue weighted by molar-refractivity contribution is 6.35. The maximum atomic E-state index is 13.0. The molecule has 0 aliphatic rings. The number of anilines is 1. The van der Waals surface area contributed by atoms with Gasteiger partial charge >= 0.3 is 5.69 Å². The summed E-state index contributed by atoms with van der Waals surface area (Å²) >= 11 is 12.1. The minimum Gasteiger partial charge on any atom is -0.394 e. The number of imidazole rings is 1. The van der Waals surface area contributed by atoms with Crippen molar-refractivity contribution in [3.63, 3.8) is 0 Å². The minimum atomic E-state index is -0.979. The van der Waals surface area contributed by atoms with E-state index in [1.54, 1.807) is 25.2 Å². The average molecular weight is 428 g/mol. The van der Waals surface area contributed by atoms with Gasteiger partial charge in [0.25, 0.3) is 5.56 Å². The van der Waals surface area contributed by atoms with Crippen LogP contribution in [-0.2, 0) is 20.6 Å². The number of aliphatic hydroxyl groups excluding tert-OH is 2. The van der Waals surface area contributed by atoms with Crippen molar-refractivity contribution in [3.8, 4) is 0 Å². The molecule has 2 aromatic heterocycles. The van der Waals surface area contributed by atoms with Crippen LogP contribution in [0.15, 0.2) is 27.8 Å². The van der Waals surface area contributed by atoms with Gasteiger partial charge in [0.15, 0.2) is 11.2 Å². The molecule has 11 heteroatoms. The average Bonchev–Trinajstić information content (AvgIpc) is 2.99. The summed E-state index contributed by atoms with van der Waals surface area (Å²) in [7, 11) is 3.14. The van der Waals surface area contributed by atoms with Crippen LogP contribution in [0.25, 0.3) is 11.2 Å². The maximum absolute atomic E-state index is 13.0. The Morgan fingerprint density at radius 3 is 2.57 bits per heavy atom. The van der Waals surface area contributed by atoms with E-state index in [4.69, 9.17) is 28.3 Å². The number of rotatable bonds is 6. The highest BCUT2D eigenvalue weighted by atomic mass is 35.5. The van der Waals surface area contributed by atoms with E-state index in [-0.39, 0.29) is 30.2 Å². The molecule has 2 heterocycles. The Bertz CT molecular complexity index is 1150. The molecule has 0 aliphatic carbocycles. The molecule has 0 bridgehead atoms. The molecule has 28 heavy (non-hydrogen) atoms. The molecule has 0 saturated carbocycles. The van der Waals surface area contributed by atoms with Crippen molar-refractivity contribution < 1.29 is 10.2 Å². The van der Waals surface area contributed by atoms with Crippen LogP contribution in [0.4, 0.5) is 5.95 Å². The largest absolute Gasteiger partial charge is 0.394 e. The summed E-state index contributed by atoms with van der Waals surface area (Å²) in [4.78, 5) is 30.0.